The van der Waals surface area contributed by atoms with Crippen LogP contribution in [0.4, 0.5) is 10.2 Å². The Bertz CT molecular complexity index is 945. The third kappa shape index (κ3) is 4.66. The molecule has 3 rings (SSSR count). The van der Waals surface area contributed by atoms with Crippen LogP contribution >= 0.6 is 0 Å². The standard InChI is InChI=1S/C18H15FN4O4/c1-25-13-3-11(4-14(6-13)26-2)18(24)23-16-9-21-10-17(22-16)27-15-5-12(19)7-20-8-15/h3-10H,1-2H3,(H,22,23,24). The van der Waals surface area contributed by atoms with Crippen LogP contribution in [0.3, 0.4) is 0 Å². The number of rotatable bonds is 6. The van der Waals surface area contributed by atoms with Crippen molar-refractivity contribution in [1.29, 1.82) is 0 Å². The molecule has 1 amide bonds. The van der Waals surface area contributed by atoms with Crippen molar-refractivity contribution < 1.29 is 23.4 Å². The first-order valence-electron chi connectivity index (χ1n) is 7.72. The summed E-state index contributed by atoms with van der Waals surface area (Å²) in [7, 11) is 2.98. The van der Waals surface area contributed by atoms with E-state index in [2.05, 4.69) is 20.3 Å². The van der Waals surface area contributed by atoms with E-state index in [1.807, 2.05) is 0 Å². The first kappa shape index (κ1) is 18.1. The minimum Gasteiger partial charge on any atom is -0.497 e. The molecule has 0 saturated carbocycles. The number of nitrogens with zero attached hydrogens (tertiary/aromatic N) is 3. The van der Waals surface area contributed by atoms with Gasteiger partial charge in [-0.3, -0.25) is 14.8 Å². The molecule has 0 fully saturated rings. The summed E-state index contributed by atoms with van der Waals surface area (Å²) < 4.78 is 28.9. The summed E-state index contributed by atoms with van der Waals surface area (Å²) >= 11 is 0. The van der Waals surface area contributed by atoms with E-state index in [0.717, 1.165) is 12.3 Å². The Kier molecular flexibility index (Phi) is 5.41. The smallest absolute Gasteiger partial charge is 0.257 e. The number of pyridine rings is 1. The van der Waals surface area contributed by atoms with Gasteiger partial charge < -0.3 is 19.5 Å². The number of hydrogen-bond donors (Lipinski definition) is 1. The van der Waals surface area contributed by atoms with Gasteiger partial charge in [0, 0.05) is 17.7 Å². The van der Waals surface area contributed by atoms with Gasteiger partial charge in [-0.05, 0) is 12.1 Å². The van der Waals surface area contributed by atoms with Crippen molar-refractivity contribution in [2.45, 2.75) is 0 Å². The number of anilines is 1. The van der Waals surface area contributed by atoms with Gasteiger partial charge in [-0.1, -0.05) is 0 Å². The molecule has 0 saturated heterocycles. The van der Waals surface area contributed by atoms with Gasteiger partial charge in [0.15, 0.2) is 11.6 Å². The lowest BCUT2D eigenvalue weighted by Crippen LogP contribution is -2.13. The van der Waals surface area contributed by atoms with Gasteiger partial charge in [-0.25, -0.2) is 4.39 Å². The van der Waals surface area contributed by atoms with E-state index in [4.69, 9.17) is 14.2 Å². The SMILES string of the molecule is COc1cc(OC)cc(C(=O)Nc2cncc(Oc3cncc(F)c3)n2)c1. The average Bonchev–Trinajstić information content (AvgIpc) is 2.67. The molecule has 0 spiro atoms. The van der Waals surface area contributed by atoms with E-state index in [1.54, 1.807) is 18.2 Å². The van der Waals surface area contributed by atoms with Gasteiger partial charge in [-0.15, -0.1) is 0 Å². The van der Waals surface area contributed by atoms with Crippen molar-refractivity contribution in [3.8, 4) is 23.1 Å². The van der Waals surface area contributed by atoms with Crippen LogP contribution in [0, 0.1) is 5.82 Å². The zero-order valence-corrected chi connectivity index (χ0v) is 14.5. The Morgan fingerprint density at radius 3 is 2.30 bits per heavy atom. The molecule has 0 aliphatic heterocycles. The van der Waals surface area contributed by atoms with Crippen molar-refractivity contribution >= 4 is 11.7 Å². The van der Waals surface area contributed by atoms with Crippen molar-refractivity contribution in [3.63, 3.8) is 0 Å². The minimum absolute atomic E-state index is 0.0726. The van der Waals surface area contributed by atoms with Gasteiger partial charge >= 0.3 is 0 Å². The number of halogens is 1. The van der Waals surface area contributed by atoms with Crippen LogP contribution in [0.5, 0.6) is 23.1 Å². The highest BCUT2D eigenvalue weighted by Gasteiger charge is 2.12. The van der Waals surface area contributed by atoms with Crippen LogP contribution < -0.4 is 19.5 Å². The fraction of sp³-hybridized carbons (Fsp3) is 0.111. The van der Waals surface area contributed by atoms with Crippen LogP contribution in [-0.4, -0.2) is 35.1 Å². The lowest BCUT2D eigenvalue weighted by atomic mass is 10.2. The van der Waals surface area contributed by atoms with Crippen molar-refractivity contribution in [2.75, 3.05) is 19.5 Å². The predicted octanol–water partition coefficient (Wildman–Crippen LogP) is 3.07. The molecule has 0 aliphatic carbocycles. The largest absolute Gasteiger partial charge is 0.497 e. The zero-order chi connectivity index (χ0) is 19.2. The number of carbonyl (C=O) groups is 1. The second-order valence-electron chi connectivity index (χ2n) is 5.24. The lowest BCUT2D eigenvalue weighted by molar-refractivity contribution is 0.102. The fourth-order valence-electron chi connectivity index (χ4n) is 2.15. The molecule has 0 aliphatic rings. The Morgan fingerprint density at radius 1 is 0.926 bits per heavy atom. The van der Waals surface area contributed by atoms with Crippen LogP contribution in [0.2, 0.25) is 0 Å². The molecule has 27 heavy (non-hydrogen) atoms. The van der Waals surface area contributed by atoms with Crippen molar-refractivity contribution in [1.82, 2.24) is 15.0 Å². The van der Waals surface area contributed by atoms with E-state index in [9.17, 15) is 9.18 Å². The van der Waals surface area contributed by atoms with Crippen LogP contribution in [0.1, 0.15) is 10.4 Å². The second kappa shape index (κ2) is 8.09. The molecule has 8 nitrogen and oxygen atoms in total. The predicted molar refractivity (Wildman–Crippen MR) is 93.8 cm³/mol. The average molecular weight is 370 g/mol. The number of benzene rings is 1. The summed E-state index contributed by atoms with van der Waals surface area (Å²) in [5.74, 6) is 0.350. The maximum Gasteiger partial charge on any atom is 0.257 e. The molecule has 2 aromatic heterocycles. The lowest BCUT2D eigenvalue weighted by Gasteiger charge is -2.09. The molecule has 0 unspecified atom stereocenters. The molecular formula is C18H15FN4O4. The van der Waals surface area contributed by atoms with E-state index in [0.29, 0.717) is 17.1 Å². The maximum absolute atomic E-state index is 13.2. The number of ether oxygens (including phenoxy) is 3. The van der Waals surface area contributed by atoms with Crippen molar-refractivity contribution in [3.05, 3.63) is 60.4 Å². The number of methoxy groups -OCH3 is 2. The Balaban J connectivity index is 1.77. The highest BCUT2D eigenvalue weighted by molar-refractivity contribution is 6.04. The summed E-state index contributed by atoms with van der Waals surface area (Å²) in [6.45, 7) is 0. The number of carbonyl (C=O) groups excluding carboxylic acids is 1. The Morgan fingerprint density at radius 2 is 1.63 bits per heavy atom. The third-order valence-corrected chi connectivity index (χ3v) is 3.37. The second-order valence-corrected chi connectivity index (χ2v) is 5.24. The first-order valence-corrected chi connectivity index (χ1v) is 7.72. The van der Waals surface area contributed by atoms with Gasteiger partial charge in [0.2, 0.25) is 5.88 Å². The summed E-state index contributed by atoms with van der Waals surface area (Å²) in [6, 6.07) is 5.93. The highest BCUT2D eigenvalue weighted by atomic mass is 19.1. The molecule has 138 valence electrons. The molecule has 1 aromatic carbocycles. The van der Waals surface area contributed by atoms with E-state index in [1.165, 1.54) is 32.8 Å². The molecule has 0 radical (unpaired) electrons. The van der Waals surface area contributed by atoms with Gasteiger partial charge in [-0.2, -0.15) is 4.98 Å². The fourth-order valence-corrected chi connectivity index (χ4v) is 2.15. The molecule has 2 heterocycles. The zero-order valence-electron chi connectivity index (χ0n) is 14.5. The van der Waals surface area contributed by atoms with E-state index in [-0.39, 0.29) is 17.4 Å². The quantitative estimate of drug-likeness (QED) is 0.712. The van der Waals surface area contributed by atoms with Gasteiger partial charge in [0.05, 0.1) is 39.0 Å². The van der Waals surface area contributed by atoms with Gasteiger partial charge in [0.25, 0.3) is 5.91 Å². The third-order valence-electron chi connectivity index (χ3n) is 3.37. The molecule has 0 bridgehead atoms. The topological polar surface area (TPSA) is 95.5 Å². The molecule has 0 atom stereocenters. The highest BCUT2D eigenvalue weighted by Crippen LogP contribution is 2.24. The number of hydrogen-bond acceptors (Lipinski definition) is 7. The molecule has 3 aromatic rings. The van der Waals surface area contributed by atoms with Crippen LogP contribution in [0.15, 0.2) is 49.1 Å². The van der Waals surface area contributed by atoms with Crippen LogP contribution in [0.25, 0.3) is 0 Å². The maximum atomic E-state index is 13.2. The van der Waals surface area contributed by atoms with E-state index >= 15 is 0 Å². The Hall–Kier alpha value is -3.75. The Labute approximate surface area is 154 Å². The summed E-state index contributed by atoms with van der Waals surface area (Å²) in [5.41, 5.74) is 0.314. The summed E-state index contributed by atoms with van der Waals surface area (Å²) in [5, 5.41) is 2.61. The number of nitrogens with one attached hydrogen (secondary N) is 1. The van der Waals surface area contributed by atoms with Crippen molar-refractivity contribution in [2.24, 2.45) is 0 Å². The molecule has 9 heteroatoms. The summed E-state index contributed by atoms with van der Waals surface area (Å²) in [6.07, 6.45) is 5.07. The summed E-state index contributed by atoms with van der Waals surface area (Å²) in [4.78, 5) is 24.2. The monoisotopic (exact) mass is 370 g/mol. The van der Waals surface area contributed by atoms with Crippen LogP contribution in [-0.2, 0) is 0 Å². The molecule has 1 N–H and O–H groups in total. The van der Waals surface area contributed by atoms with Gasteiger partial charge in [0.1, 0.15) is 17.3 Å². The number of aromatic nitrogens is 3. The normalized spacial score (nSPS) is 10.2. The number of amides is 1. The first-order chi connectivity index (χ1) is 13.1. The minimum atomic E-state index is -0.545. The van der Waals surface area contributed by atoms with E-state index < -0.39 is 11.7 Å². The molecular weight excluding hydrogens is 355 g/mol.